The number of thiophene rings is 1. The molecule has 0 aliphatic carbocycles. The fourth-order valence-electron chi connectivity index (χ4n) is 2.33. The molecule has 3 nitrogen and oxygen atoms in total. The van der Waals surface area contributed by atoms with Crippen LogP contribution in [-0.2, 0) is 0 Å². The second-order valence-electron chi connectivity index (χ2n) is 6.11. The van der Waals surface area contributed by atoms with Crippen molar-refractivity contribution in [3.8, 4) is 0 Å². The monoisotopic (exact) mass is 347 g/mol. The summed E-state index contributed by atoms with van der Waals surface area (Å²) in [6.45, 7) is 5.17. The highest BCUT2D eigenvalue weighted by Crippen LogP contribution is 2.22. The molecule has 0 radical (unpaired) electrons. The van der Waals surface area contributed by atoms with E-state index in [0.717, 1.165) is 12.2 Å². The molecule has 2 aromatic rings. The predicted molar refractivity (Wildman–Crippen MR) is 106 cm³/mol. The minimum atomic E-state index is 0.318. The number of hydrogen-bond acceptors (Lipinski definition) is 3. The van der Waals surface area contributed by atoms with Gasteiger partial charge in [-0.05, 0) is 61.4 Å². The van der Waals surface area contributed by atoms with E-state index in [1.165, 1.54) is 10.4 Å². The topological polar surface area (TPSA) is 27.3 Å². The maximum absolute atomic E-state index is 5.42. The van der Waals surface area contributed by atoms with Crippen LogP contribution in [0.25, 0.3) is 0 Å². The van der Waals surface area contributed by atoms with E-state index in [0.29, 0.717) is 17.1 Å². The van der Waals surface area contributed by atoms with Crippen molar-refractivity contribution in [2.24, 2.45) is 0 Å². The van der Waals surface area contributed by atoms with Gasteiger partial charge in [0.25, 0.3) is 0 Å². The van der Waals surface area contributed by atoms with Gasteiger partial charge >= 0.3 is 0 Å². The van der Waals surface area contributed by atoms with Crippen LogP contribution in [0, 0.1) is 0 Å². The lowest BCUT2D eigenvalue weighted by atomic mass is 10.0. The van der Waals surface area contributed by atoms with E-state index in [4.69, 9.17) is 12.2 Å². The largest absolute Gasteiger partial charge is 0.360 e. The van der Waals surface area contributed by atoms with Crippen LogP contribution >= 0.6 is 23.6 Å². The molecule has 0 amide bonds. The normalized spacial score (nSPS) is 12.4. The summed E-state index contributed by atoms with van der Waals surface area (Å²) in [4.78, 5) is 3.55. The van der Waals surface area contributed by atoms with Gasteiger partial charge in [0.15, 0.2) is 5.11 Å². The fourth-order valence-corrected chi connectivity index (χ4v) is 3.46. The molecule has 0 bridgehead atoms. The Balaban J connectivity index is 1.89. The Labute approximate surface area is 148 Å². The van der Waals surface area contributed by atoms with Gasteiger partial charge in [-0.25, -0.2) is 0 Å². The Hall–Kier alpha value is -1.43. The standard InChI is InChI=1S/C18H25N3S2/c1-13(2)14-7-9-15(10-8-14)20-18(22)19-12-16(21(3)4)17-6-5-11-23-17/h5-11,13,16H,12H2,1-4H3,(H2,19,20,22)/t16-/m0/s1. The summed E-state index contributed by atoms with van der Waals surface area (Å²) in [5, 5.41) is 9.34. The Morgan fingerprint density at radius 1 is 1.17 bits per heavy atom. The summed E-state index contributed by atoms with van der Waals surface area (Å²) >= 11 is 7.19. The first kappa shape index (κ1) is 17.9. The third-order valence-corrected chi connectivity index (χ3v) is 5.01. The van der Waals surface area contributed by atoms with Crippen LogP contribution in [0.1, 0.15) is 36.2 Å². The van der Waals surface area contributed by atoms with Gasteiger partial charge < -0.3 is 15.5 Å². The number of likely N-dealkylation sites (N-methyl/N-ethyl adjacent to an activating group) is 1. The molecular weight excluding hydrogens is 322 g/mol. The zero-order chi connectivity index (χ0) is 16.8. The van der Waals surface area contributed by atoms with Crippen LogP contribution in [0.2, 0.25) is 0 Å². The highest BCUT2D eigenvalue weighted by atomic mass is 32.1. The third kappa shape index (κ3) is 5.30. The number of hydrogen-bond donors (Lipinski definition) is 2. The zero-order valence-electron chi connectivity index (χ0n) is 14.2. The summed E-state index contributed by atoms with van der Waals surface area (Å²) in [6.07, 6.45) is 0. The molecule has 0 unspecified atom stereocenters. The van der Waals surface area contributed by atoms with Gasteiger partial charge in [0.1, 0.15) is 0 Å². The summed E-state index contributed by atoms with van der Waals surface area (Å²) in [7, 11) is 4.18. The molecule has 2 N–H and O–H groups in total. The summed E-state index contributed by atoms with van der Waals surface area (Å²) in [6, 6.07) is 13.0. The summed E-state index contributed by atoms with van der Waals surface area (Å²) in [5.41, 5.74) is 2.35. The molecule has 2 rings (SSSR count). The van der Waals surface area contributed by atoms with Crippen molar-refractivity contribution in [2.75, 3.05) is 26.0 Å². The van der Waals surface area contributed by atoms with Gasteiger partial charge in [-0.15, -0.1) is 11.3 Å². The van der Waals surface area contributed by atoms with Crippen LogP contribution in [-0.4, -0.2) is 30.7 Å². The molecule has 1 heterocycles. The van der Waals surface area contributed by atoms with Crippen molar-refractivity contribution in [1.82, 2.24) is 10.2 Å². The summed E-state index contributed by atoms with van der Waals surface area (Å²) in [5.74, 6) is 0.542. The number of rotatable bonds is 6. The molecule has 1 aromatic heterocycles. The molecule has 0 fully saturated rings. The van der Waals surface area contributed by atoms with Crippen LogP contribution in [0.4, 0.5) is 5.69 Å². The van der Waals surface area contributed by atoms with E-state index in [2.05, 4.69) is 85.3 Å². The van der Waals surface area contributed by atoms with Crippen molar-refractivity contribution in [3.63, 3.8) is 0 Å². The first-order valence-corrected chi connectivity index (χ1v) is 9.11. The van der Waals surface area contributed by atoms with Gasteiger partial charge in [0.05, 0.1) is 6.04 Å². The molecule has 0 saturated carbocycles. The Bertz CT molecular complexity index is 604. The smallest absolute Gasteiger partial charge is 0.170 e. The van der Waals surface area contributed by atoms with E-state index in [1.807, 2.05) is 0 Å². The average molecular weight is 348 g/mol. The lowest BCUT2D eigenvalue weighted by Gasteiger charge is -2.24. The van der Waals surface area contributed by atoms with E-state index >= 15 is 0 Å². The fraction of sp³-hybridized carbons (Fsp3) is 0.389. The maximum atomic E-state index is 5.42. The molecule has 0 aliphatic rings. The maximum Gasteiger partial charge on any atom is 0.170 e. The molecule has 1 atom stereocenters. The quantitative estimate of drug-likeness (QED) is 0.755. The van der Waals surface area contributed by atoms with Crippen LogP contribution in [0.15, 0.2) is 41.8 Å². The number of anilines is 1. The van der Waals surface area contributed by atoms with E-state index in [9.17, 15) is 0 Å². The second kappa shape index (κ2) is 8.43. The van der Waals surface area contributed by atoms with Crippen molar-refractivity contribution in [3.05, 3.63) is 52.2 Å². The molecule has 23 heavy (non-hydrogen) atoms. The number of thiocarbonyl (C=S) groups is 1. The van der Waals surface area contributed by atoms with Gasteiger partial charge in [-0.3, -0.25) is 0 Å². The number of benzene rings is 1. The number of nitrogens with one attached hydrogen (secondary N) is 2. The second-order valence-corrected chi connectivity index (χ2v) is 7.49. The summed E-state index contributed by atoms with van der Waals surface area (Å²) < 4.78 is 0. The van der Waals surface area contributed by atoms with Crippen molar-refractivity contribution < 1.29 is 0 Å². The van der Waals surface area contributed by atoms with Gasteiger partial charge in [0, 0.05) is 17.1 Å². The SMILES string of the molecule is CC(C)c1ccc(NC(=S)NC[C@@H](c2cccs2)N(C)C)cc1. The van der Waals surface area contributed by atoms with E-state index < -0.39 is 0 Å². The zero-order valence-corrected chi connectivity index (χ0v) is 15.8. The van der Waals surface area contributed by atoms with Crippen LogP contribution in [0.3, 0.4) is 0 Å². The molecule has 1 aromatic carbocycles. The molecule has 0 spiro atoms. The van der Waals surface area contributed by atoms with E-state index in [1.54, 1.807) is 11.3 Å². The average Bonchev–Trinajstić information content (AvgIpc) is 3.01. The lowest BCUT2D eigenvalue weighted by molar-refractivity contribution is 0.303. The first-order valence-electron chi connectivity index (χ1n) is 7.82. The lowest BCUT2D eigenvalue weighted by Crippen LogP contribution is -2.36. The highest BCUT2D eigenvalue weighted by molar-refractivity contribution is 7.80. The van der Waals surface area contributed by atoms with Crippen molar-refractivity contribution in [1.29, 1.82) is 0 Å². The van der Waals surface area contributed by atoms with Gasteiger partial charge in [-0.1, -0.05) is 32.0 Å². The Morgan fingerprint density at radius 2 is 1.87 bits per heavy atom. The minimum absolute atomic E-state index is 0.318. The van der Waals surface area contributed by atoms with Crippen molar-refractivity contribution >= 4 is 34.4 Å². The van der Waals surface area contributed by atoms with Gasteiger partial charge in [0.2, 0.25) is 0 Å². The van der Waals surface area contributed by atoms with Gasteiger partial charge in [-0.2, -0.15) is 0 Å². The predicted octanol–water partition coefficient (Wildman–Crippen LogP) is 4.46. The molecular formula is C18H25N3S2. The highest BCUT2D eigenvalue weighted by Gasteiger charge is 2.15. The third-order valence-electron chi connectivity index (χ3n) is 3.79. The van der Waals surface area contributed by atoms with E-state index in [-0.39, 0.29) is 0 Å². The molecule has 0 aliphatic heterocycles. The van der Waals surface area contributed by atoms with Crippen LogP contribution < -0.4 is 10.6 Å². The Kier molecular flexibility index (Phi) is 6.57. The molecule has 124 valence electrons. The molecule has 5 heteroatoms. The number of nitrogens with zero attached hydrogens (tertiary/aromatic N) is 1. The van der Waals surface area contributed by atoms with Crippen molar-refractivity contribution in [2.45, 2.75) is 25.8 Å². The Morgan fingerprint density at radius 3 is 2.39 bits per heavy atom. The first-order chi connectivity index (χ1) is 11.0. The molecule has 0 saturated heterocycles. The van der Waals surface area contributed by atoms with Crippen LogP contribution in [0.5, 0.6) is 0 Å². The minimum Gasteiger partial charge on any atom is -0.360 e.